The Morgan fingerprint density at radius 1 is 1.15 bits per heavy atom. The first-order valence-electron chi connectivity index (χ1n) is 6.84. The van der Waals surface area contributed by atoms with Gasteiger partial charge in [0.25, 0.3) is 0 Å². The van der Waals surface area contributed by atoms with Gasteiger partial charge in [-0.05, 0) is 19.8 Å². The van der Waals surface area contributed by atoms with Crippen LogP contribution in [0.3, 0.4) is 0 Å². The zero-order valence-corrected chi connectivity index (χ0v) is 12.4. The lowest BCUT2D eigenvalue weighted by Crippen LogP contribution is -2.41. The maximum atomic E-state index is 11.5. The lowest BCUT2D eigenvalue weighted by atomic mass is 10.0. The molecule has 0 aromatic heterocycles. The molecule has 0 aliphatic heterocycles. The van der Waals surface area contributed by atoms with Crippen LogP contribution < -0.4 is 16.0 Å². The zero-order valence-electron chi connectivity index (χ0n) is 12.4. The summed E-state index contributed by atoms with van der Waals surface area (Å²) in [5.74, 6) is -1.28. The second kappa shape index (κ2) is 10.1. The number of aliphatic carboxylic acids is 1. The van der Waals surface area contributed by atoms with E-state index in [-0.39, 0.29) is 36.9 Å². The number of rotatable bonds is 9. The first kappa shape index (κ1) is 18.2. The van der Waals surface area contributed by atoms with Crippen molar-refractivity contribution in [3.63, 3.8) is 0 Å². The van der Waals surface area contributed by atoms with Crippen molar-refractivity contribution in [1.82, 2.24) is 16.0 Å². The second-order valence-corrected chi connectivity index (χ2v) is 4.89. The van der Waals surface area contributed by atoms with Gasteiger partial charge in [0.15, 0.2) is 0 Å². The van der Waals surface area contributed by atoms with Crippen molar-refractivity contribution in [3.8, 4) is 0 Å². The number of carboxylic acid groups (broad SMARTS) is 1. The maximum Gasteiger partial charge on any atom is 0.315 e. The van der Waals surface area contributed by atoms with Crippen LogP contribution in [0.15, 0.2) is 0 Å². The van der Waals surface area contributed by atoms with Crippen molar-refractivity contribution >= 4 is 17.9 Å². The average Bonchev–Trinajstić information content (AvgIpc) is 2.37. The van der Waals surface area contributed by atoms with E-state index in [4.69, 9.17) is 5.11 Å². The molecule has 0 spiro atoms. The van der Waals surface area contributed by atoms with Crippen LogP contribution >= 0.6 is 0 Å². The van der Waals surface area contributed by atoms with E-state index in [1.165, 1.54) is 0 Å². The molecule has 0 saturated heterocycles. The van der Waals surface area contributed by atoms with Crippen molar-refractivity contribution in [1.29, 1.82) is 0 Å². The van der Waals surface area contributed by atoms with Crippen molar-refractivity contribution in [2.75, 3.05) is 13.6 Å². The molecule has 7 heteroatoms. The molecule has 2 unspecified atom stereocenters. The van der Waals surface area contributed by atoms with Crippen molar-refractivity contribution in [3.05, 3.63) is 0 Å². The van der Waals surface area contributed by atoms with E-state index in [9.17, 15) is 14.4 Å². The zero-order chi connectivity index (χ0) is 15.5. The number of nitrogens with one attached hydrogen (secondary N) is 3. The molecule has 0 heterocycles. The third-order valence-corrected chi connectivity index (χ3v) is 2.99. The Balaban J connectivity index is 3.69. The Morgan fingerprint density at radius 2 is 1.80 bits per heavy atom. The lowest BCUT2D eigenvalue weighted by molar-refractivity contribution is -0.141. The molecule has 20 heavy (non-hydrogen) atoms. The van der Waals surface area contributed by atoms with E-state index in [1.54, 1.807) is 14.0 Å². The highest BCUT2D eigenvalue weighted by Gasteiger charge is 2.12. The number of hydrogen-bond acceptors (Lipinski definition) is 3. The van der Waals surface area contributed by atoms with Gasteiger partial charge >= 0.3 is 12.0 Å². The summed E-state index contributed by atoms with van der Waals surface area (Å²) in [6.07, 6.45) is 2.31. The molecule has 0 fully saturated rings. The van der Waals surface area contributed by atoms with Crippen LogP contribution in [-0.4, -0.2) is 42.6 Å². The molecule has 3 amide bonds. The predicted octanol–water partition coefficient (Wildman–Crippen LogP) is 0.701. The molecule has 0 radical (unpaired) electrons. The summed E-state index contributed by atoms with van der Waals surface area (Å²) in [5.41, 5.74) is 0. The molecular weight excluding hydrogens is 262 g/mol. The summed E-state index contributed by atoms with van der Waals surface area (Å²) in [6, 6.07) is -0.344. The fraction of sp³-hybridized carbons (Fsp3) is 0.769. The summed E-state index contributed by atoms with van der Waals surface area (Å²) in [6.45, 7) is 3.82. The second-order valence-electron chi connectivity index (χ2n) is 4.89. The van der Waals surface area contributed by atoms with Crippen LogP contribution in [0.25, 0.3) is 0 Å². The molecular formula is C13H25N3O4. The number of carbonyl (C=O) groups is 3. The van der Waals surface area contributed by atoms with E-state index in [1.807, 2.05) is 6.92 Å². The molecule has 7 nitrogen and oxygen atoms in total. The Morgan fingerprint density at radius 3 is 2.35 bits per heavy atom. The Bertz CT molecular complexity index is 334. The minimum atomic E-state index is -0.794. The fourth-order valence-electron chi connectivity index (χ4n) is 1.62. The highest BCUT2D eigenvalue weighted by Crippen LogP contribution is 2.09. The van der Waals surface area contributed by atoms with Crippen LogP contribution in [0.5, 0.6) is 0 Å². The van der Waals surface area contributed by atoms with Gasteiger partial charge in [0, 0.05) is 26.1 Å². The topological polar surface area (TPSA) is 108 Å². The number of carboxylic acids is 1. The monoisotopic (exact) mass is 287 g/mol. The van der Waals surface area contributed by atoms with Crippen molar-refractivity contribution in [2.24, 2.45) is 5.92 Å². The normalized spacial score (nSPS) is 13.2. The molecule has 0 aliphatic rings. The molecule has 0 saturated carbocycles. The largest absolute Gasteiger partial charge is 0.481 e. The molecule has 0 bridgehead atoms. The Kier molecular flexibility index (Phi) is 9.15. The van der Waals surface area contributed by atoms with Crippen LogP contribution in [-0.2, 0) is 9.59 Å². The minimum Gasteiger partial charge on any atom is -0.481 e. The van der Waals surface area contributed by atoms with E-state index in [0.29, 0.717) is 6.42 Å². The quantitative estimate of drug-likeness (QED) is 0.500. The number of amides is 3. The first-order valence-corrected chi connectivity index (χ1v) is 6.84. The fourth-order valence-corrected chi connectivity index (χ4v) is 1.62. The van der Waals surface area contributed by atoms with Gasteiger partial charge in [0.2, 0.25) is 5.91 Å². The van der Waals surface area contributed by atoms with E-state index >= 15 is 0 Å². The smallest absolute Gasteiger partial charge is 0.315 e. The summed E-state index contributed by atoms with van der Waals surface area (Å²) in [4.78, 5) is 33.1. The van der Waals surface area contributed by atoms with Gasteiger partial charge in [-0.3, -0.25) is 9.59 Å². The molecule has 4 N–H and O–H groups in total. The van der Waals surface area contributed by atoms with Crippen LogP contribution in [0.1, 0.15) is 39.5 Å². The van der Waals surface area contributed by atoms with E-state index in [2.05, 4.69) is 16.0 Å². The average molecular weight is 287 g/mol. The summed E-state index contributed by atoms with van der Waals surface area (Å²) < 4.78 is 0. The molecule has 2 atom stereocenters. The third-order valence-electron chi connectivity index (χ3n) is 2.99. The van der Waals surface area contributed by atoms with Gasteiger partial charge in [0.05, 0.1) is 5.92 Å². The van der Waals surface area contributed by atoms with E-state index < -0.39 is 5.97 Å². The number of urea groups is 1. The predicted molar refractivity (Wildman–Crippen MR) is 75.3 cm³/mol. The van der Waals surface area contributed by atoms with Gasteiger partial charge < -0.3 is 21.1 Å². The molecule has 0 aromatic rings. The SMILES string of the molecule is CNC(=O)CCNC(=O)NC(C)CCCC(C)C(=O)O. The first-order chi connectivity index (χ1) is 9.36. The summed E-state index contributed by atoms with van der Waals surface area (Å²) >= 11 is 0. The highest BCUT2D eigenvalue weighted by molar-refractivity contribution is 5.78. The molecule has 116 valence electrons. The minimum absolute atomic E-state index is 0.0315. The maximum absolute atomic E-state index is 11.5. The lowest BCUT2D eigenvalue weighted by Gasteiger charge is -2.15. The van der Waals surface area contributed by atoms with Gasteiger partial charge in [-0.25, -0.2) is 4.79 Å². The molecule has 0 aliphatic carbocycles. The van der Waals surface area contributed by atoms with E-state index in [0.717, 1.165) is 12.8 Å². The van der Waals surface area contributed by atoms with Gasteiger partial charge in [-0.2, -0.15) is 0 Å². The van der Waals surface area contributed by atoms with Gasteiger partial charge in [-0.1, -0.05) is 13.3 Å². The summed E-state index contributed by atoms with van der Waals surface area (Å²) in [7, 11) is 1.54. The highest BCUT2D eigenvalue weighted by atomic mass is 16.4. The van der Waals surface area contributed by atoms with Crippen LogP contribution in [0.2, 0.25) is 0 Å². The van der Waals surface area contributed by atoms with Crippen molar-refractivity contribution < 1.29 is 19.5 Å². The summed E-state index contributed by atoms with van der Waals surface area (Å²) in [5, 5.41) is 16.5. The number of carbonyl (C=O) groups excluding carboxylic acids is 2. The Hall–Kier alpha value is -1.79. The Labute approximate surface area is 119 Å². The van der Waals surface area contributed by atoms with Gasteiger partial charge in [0.1, 0.15) is 0 Å². The molecule has 0 rings (SSSR count). The number of hydrogen-bond donors (Lipinski definition) is 4. The van der Waals surface area contributed by atoms with Crippen molar-refractivity contribution in [2.45, 2.75) is 45.6 Å². The van der Waals surface area contributed by atoms with Crippen LogP contribution in [0.4, 0.5) is 4.79 Å². The third kappa shape index (κ3) is 9.18. The van der Waals surface area contributed by atoms with Crippen LogP contribution in [0, 0.1) is 5.92 Å². The van der Waals surface area contributed by atoms with Gasteiger partial charge in [-0.15, -0.1) is 0 Å². The molecule has 0 aromatic carbocycles. The standard InChI is InChI=1S/C13H25N3O4/c1-9(12(18)19)5-4-6-10(2)16-13(20)15-8-7-11(17)14-3/h9-10H,4-8H2,1-3H3,(H,14,17)(H,18,19)(H2,15,16,20).